The van der Waals surface area contributed by atoms with Crippen molar-refractivity contribution >= 4 is 33.2 Å². The third kappa shape index (κ3) is 3.02. The molecule has 2 aromatic carbocycles. The number of anilines is 2. The Labute approximate surface area is 127 Å². The minimum Gasteiger partial charge on any atom is -0.397 e. The molecule has 104 valence electrons. The number of nitrogens with two attached hydrogens (primary N) is 1. The van der Waals surface area contributed by atoms with Crippen molar-refractivity contribution in [3.8, 4) is 0 Å². The van der Waals surface area contributed by atoms with Gasteiger partial charge in [-0.2, -0.15) is 0 Å². The summed E-state index contributed by atoms with van der Waals surface area (Å²) in [5, 5.41) is 2.89. The molecule has 0 unspecified atom stereocenters. The first-order valence-electron chi connectivity index (χ1n) is 6.47. The Morgan fingerprint density at radius 2 is 2.00 bits per heavy atom. The number of carbonyl (C=O) groups excluding carboxylic acids is 1. The lowest BCUT2D eigenvalue weighted by Crippen LogP contribution is -2.15. The van der Waals surface area contributed by atoms with Gasteiger partial charge in [0.05, 0.1) is 11.4 Å². The van der Waals surface area contributed by atoms with Crippen LogP contribution >= 0.6 is 15.9 Å². The maximum absolute atomic E-state index is 12.4. The molecule has 0 aliphatic heterocycles. The molecule has 0 saturated heterocycles. The van der Waals surface area contributed by atoms with Crippen LogP contribution in [0.2, 0.25) is 0 Å². The highest BCUT2D eigenvalue weighted by atomic mass is 79.9. The lowest BCUT2D eigenvalue weighted by Gasteiger charge is -2.13. The van der Waals surface area contributed by atoms with Gasteiger partial charge in [0.15, 0.2) is 0 Å². The Balaban J connectivity index is 2.33. The summed E-state index contributed by atoms with van der Waals surface area (Å²) >= 11 is 3.44. The highest BCUT2D eigenvalue weighted by Gasteiger charge is 2.13. The molecule has 20 heavy (non-hydrogen) atoms. The van der Waals surface area contributed by atoms with E-state index < -0.39 is 0 Å². The standard InChI is InChI=1S/C16H17BrN2O/c1-3-11-6-4-5-7-12(11)16(20)19-15-13(17)8-10(2)9-14(15)18/h4-9H,3,18H2,1-2H3,(H,19,20). The normalized spacial score (nSPS) is 10.3. The van der Waals surface area contributed by atoms with Gasteiger partial charge in [0, 0.05) is 10.0 Å². The van der Waals surface area contributed by atoms with Crippen LogP contribution in [-0.2, 0) is 6.42 Å². The quantitative estimate of drug-likeness (QED) is 0.829. The topological polar surface area (TPSA) is 55.1 Å². The van der Waals surface area contributed by atoms with Crippen molar-refractivity contribution in [1.29, 1.82) is 0 Å². The number of hydrogen-bond acceptors (Lipinski definition) is 2. The Kier molecular flexibility index (Phi) is 4.45. The van der Waals surface area contributed by atoms with Crippen LogP contribution in [0.4, 0.5) is 11.4 Å². The van der Waals surface area contributed by atoms with Crippen molar-refractivity contribution in [2.45, 2.75) is 20.3 Å². The molecule has 3 nitrogen and oxygen atoms in total. The second-order valence-electron chi connectivity index (χ2n) is 4.68. The zero-order valence-corrected chi connectivity index (χ0v) is 13.1. The number of benzene rings is 2. The van der Waals surface area contributed by atoms with Gasteiger partial charge < -0.3 is 11.1 Å². The predicted octanol–water partition coefficient (Wildman–Crippen LogP) is 4.15. The zero-order valence-electron chi connectivity index (χ0n) is 11.5. The molecular formula is C16H17BrN2O. The molecule has 0 saturated carbocycles. The minimum absolute atomic E-state index is 0.140. The summed E-state index contributed by atoms with van der Waals surface area (Å²) < 4.78 is 0.789. The third-order valence-corrected chi connectivity index (χ3v) is 3.77. The van der Waals surface area contributed by atoms with E-state index in [9.17, 15) is 4.79 Å². The molecule has 0 aliphatic rings. The number of nitrogen functional groups attached to an aromatic ring is 1. The number of rotatable bonds is 3. The first kappa shape index (κ1) is 14.6. The van der Waals surface area contributed by atoms with Crippen LogP contribution in [0.5, 0.6) is 0 Å². The number of aryl methyl sites for hydroxylation is 2. The van der Waals surface area contributed by atoms with Crippen molar-refractivity contribution in [2.75, 3.05) is 11.1 Å². The number of amides is 1. The molecule has 3 N–H and O–H groups in total. The lowest BCUT2D eigenvalue weighted by molar-refractivity contribution is 0.102. The molecule has 0 heterocycles. The summed E-state index contributed by atoms with van der Waals surface area (Å²) in [5.41, 5.74) is 9.89. The van der Waals surface area contributed by atoms with E-state index in [0.717, 1.165) is 22.0 Å². The Bertz CT molecular complexity index is 630. The molecular weight excluding hydrogens is 316 g/mol. The summed E-state index contributed by atoms with van der Waals surface area (Å²) in [5.74, 6) is -0.140. The molecule has 0 fully saturated rings. The number of carbonyl (C=O) groups is 1. The van der Waals surface area contributed by atoms with Gasteiger partial charge in [0.2, 0.25) is 0 Å². The molecule has 0 radical (unpaired) electrons. The minimum atomic E-state index is -0.140. The maximum atomic E-state index is 12.4. The summed E-state index contributed by atoms with van der Waals surface area (Å²) in [6.45, 7) is 3.99. The van der Waals surface area contributed by atoms with E-state index in [1.165, 1.54) is 0 Å². The van der Waals surface area contributed by atoms with Gasteiger partial charge in [-0.1, -0.05) is 25.1 Å². The number of nitrogens with one attached hydrogen (secondary N) is 1. The fraction of sp³-hybridized carbons (Fsp3) is 0.188. The van der Waals surface area contributed by atoms with Gasteiger partial charge >= 0.3 is 0 Å². The smallest absolute Gasteiger partial charge is 0.256 e. The third-order valence-electron chi connectivity index (χ3n) is 3.15. The van der Waals surface area contributed by atoms with E-state index in [1.54, 1.807) is 0 Å². The van der Waals surface area contributed by atoms with Crippen LogP contribution in [0.15, 0.2) is 40.9 Å². The zero-order chi connectivity index (χ0) is 14.7. The molecule has 4 heteroatoms. The van der Waals surface area contributed by atoms with Crippen LogP contribution < -0.4 is 11.1 Å². The van der Waals surface area contributed by atoms with E-state index in [1.807, 2.05) is 50.2 Å². The van der Waals surface area contributed by atoms with Crippen molar-refractivity contribution in [3.05, 3.63) is 57.6 Å². The molecule has 2 aromatic rings. The fourth-order valence-corrected chi connectivity index (χ4v) is 2.82. The second-order valence-corrected chi connectivity index (χ2v) is 5.53. The van der Waals surface area contributed by atoms with Crippen molar-refractivity contribution in [1.82, 2.24) is 0 Å². The number of hydrogen-bond donors (Lipinski definition) is 2. The van der Waals surface area contributed by atoms with Crippen LogP contribution in [-0.4, -0.2) is 5.91 Å². The number of halogens is 1. The fourth-order valence-electron chi connectivity index (χ4n) is 2.13. The van der Waals surface area contributed by atoms with Crippen molar-refractivity contribution in [3.63, 3.8) is 0 Å². The molecule has 0 bridgehead atoms. The molecule has 0 aromatic heterocycles. The maximum Gasteiger partial charge on any atom is 0.256 e. The van der Waals surface area contributed by atoms with Crippen LogP contribution in [0.25, 0.3) is 0 Å². The van der Waals surface area contributed by atoms with Gasteiger partial charge in [-0.05, 0) is 58.6 Å². The van der Waals surface area contributed by atoms with E-state index in [0.29, 0.717) is 16.9 Å². The summed E-state index contributed by atoms with van der Waals surface area (Å²) in [6, 6.07) is 11.4. The van der Waals surface area contributed by atoms with E-state index in [2.05, 4.69) is 21.2 Å². The largest absolute Gasteiger partial charge is 0.397 e. The molecule has 0 aliphatic carbocycles. The highest BCUT2D eigenvalue weighted by molar-refractivity contribution is 9.10. The van der Waals surface area contributed by atoms with Crippen molar-refractivity contribution in [2.24, 2.45) is 0 Å². The Morgan fingerprint density at radius 3 is 2.65 bits per heavy atom. The average molecular weight is 333 g/mol. The van der Waals surface area contributed by atoms with Gasteiger partial charge in [-0.15, -0.1) is 0 Å². The van der Waals surface area contributed by atoms with Gasteiger partial charge in [0.1, 0.15) is 0 Å². The first-order valence-corrected chi connectivity index (χ1v) is 7.27. The van der Waals surface area contributed by atoms with Crippen LogP contribution in [0.3, 0.4) is 0 Å². The SMILES string of the molecule is CCc1ccccc1C(=O)Nc1c(N)cc(C)cc1Br. The lowest BCUT2D eigenvalue weighted by atomic mass is 10.0. The van der Waals surface area contributed by atoms with E-state index >= 15 is 0 Å². The van der Waals surface area contributed by atoms with E-state index in [-0.39, 0.29) is 5.91 Å². The average Bonchev–Trinajstić information content (AvgIpc) is 2.42. The summed E-state index contributed by atoms with van der Waals surface area (Å²) in [4.78, 5) is 12.4. The second kappa shape index (κ2) is 6.09. The first-order chi connectivity index (χ1) is 9.52. The predicted molar refractivity (Wildman–Crippen MR) is 87.1 cm³/mol. The van der Waals surface area contributed by atoms with Crippen LogP contribution in [0, 0.1) is 6.92 Å². The Morgan fingerprint density at radius 1 is 1.30 bits per heavy atom. The van der Waals surface area contributed by atoms with Crippen LogP contribution in [0.1, 0.15) is 28.4 Å². The highest BCUT2D eigenvalue weighted by Crippen LogP contribution is 2.30. The Hall–Kier alpha value is -1.81. The molecule has 1 amide bonds. The molecule has 0 atom stereocenters. The van der Waals surface area contributed by atoms with Gasteiger partial charge in [-0.25, -0.2) is 0 Å². The summed E-state index contributed by atoms with van der Waals surface area (Å²) in [6.07, 6.45) is 0.814. The van der Waals surface area contributed by atoms with Gasteiger partial charge in [0.25, 0.3) is 5.91 Å². The van der Waals surface area contributed by atoms with Gasteiger partial charge in [-0.3, -0.25) is 4.79 Å². The van der Waals surface area contributed by atoms with Crippen molar-refractivity contribution < 1.29 is 4.79 Å². The molecule has 0 spiro atoms. The monoisotopic (exact) mass is 332 g/mol. The summed E-state index contributed by atoms with van der Waals surface area (Å²) in [7, 11) is 0. The molecule has 2 rings (SSSR count). The van der Waals surface area contributed by atoms with E-state index in [4.69, 9.17) is 5.73 Å².